The van der Waals surface area contributed by atoms with E-state index >= 15 is 0 Å². The Morgan fingerprint density at radius 2 is 0.918 bits per heavy atom. The Bertz CT molecular complexity index is 3390. The molecular formula is C59H39NS. The van der Waals surface area contributed by atoms with Gasteiger partial charge >= 0.3 is 0 Å². The molecule has 2 heteroatoms. The quantitative estimate of drug-likeness (QED) is 0.155. The third-order valence-corrected chi connectivity index (χ3v) is 14.0. The molecule has 11 aromatic rings. The third-order valence-electron chi connectivity index (χ3n) is 12.7. The van der Waals surface area contributed by atoms with E-state index < -0.39 is 5.41 Å². The zero-order valence-corrected chi connectivity index (χ0v) is 34.2. The average Bonchev–Trinajstić information content (AvgIpc) is 3.86. The van der Waals surface area contributed by atoms with Crippen LogP contribution in [0.5, 0.6) is 0 Å². The summed E-state index contributed by atoms with van der Waals surface area (Å²) in [6.45, 7) is 0. The summed E-state index contributed by atoms with van der Waals surface area (Å²) in [6, 6.07) is 87.4. The molecule has 61 heavy (non-hydrogen) atoms. The fourth-order valence-electron chi connectivity index (χ4n) is 10.1. The molecule has 1 aromatic heterocycles. The van der Waals surface area contributed by atoms with Crippen LogP contribution in [-0.2, 0) is 5.41 Å². The largest absolute Gasteiger partial charge is 0.310 e. The SMILES string of the molecule is c1ccc(C2(c3ccccc3)c3ccccc3-c3ccc(N(c4cccc(-c5cccc6ccccc56)c4)c4ccccc4-c4cccc5c4sc4ccccc45)cc32)cc1. The van der Waals surface area contributed by atoms with Crippen molar-refractivity contribution in [3.63, 3.8) is 0 Å². The molecule has 0 atom stereocenters. The standard InChI is InChI=1S/C59H39NS/c1-3-21-42(22-4-1)59(43-23-5-2-6-24-43)54-33-12-9-27-48(54)49-37-36-45(39-55(49)59)60(44-25-15-20-41(38-44)47-30-16-19-40-18-7-8-26-46(40)47)56-34-13-10-28-50(56)52-31-17-32-53-51-29-11-14-35-57(51)61-58(52)53/h1-39H. The van der Waals surface area contributed by atoms with Crippen LogP contribution in [-0.4, -0.2) is 0 Å². The molecule has 0 radical (unpaired) electrons. The van der Waals surface area contributed by atoms with Gasteiger partial charge in [-0.05, 0) is 91.7 Å². The molecule has 0 spiro atoms. The summed E-state index contributed by atoms with van der Waals surface area (Å²) in [6.07, 6.45) is 0. The average molecular weight is 794 g/mol. The molecule has 0 unspecified atom stereocenters. The van der Waals surface area contributed by atoms with Crippen molar-refractivity contribution in [2.24, 2.45) is 0 Å². The predicted octanol–water partition coefficient (Wildman–Crippen LogP) is 16.4. The number of para-hydroxylation sites is 1. The summed E-state index contributed by atoms with van der Waals surface area (Å²) in [7, 11) is 0. The van der Waals surface area contributed by atoms with Crippen molar-refractivity contribution in [2.75, 3.05) is 4.90 Å². The molecule has 286 valence electrons. The number of nitrogens with zero attached hydrogens (tertiary/aromatic N) is 1. The number of benzene rings is 10. The van der Waals surface area contributed by atoms with Gasteiger partial charge in [-0.15, -0.1) is 11.3 Å². The van der Waals surface area contributed by atoms with Crippen molar-refractivity contribution in [3.05, 3.63) is 259 Å². The van der Waals surface area contributed by atoms with E-state index in [0.717, 1.165) is 17.1 Å². The van der Waals surface area contributed by atoms with E-state index in [2.05, 4.69) is 241 Å². The number of thiophene rings is 1. The van der Waals surface area contributed by atoms with Gasteiger partial charge in [-0.25, -0.2) is 0 Å². The molecule has 0 fully saturated rings. The Hall–Kier alpha value is -7.52. The van der Waals surface area contributed by atoms with Gasteiger partial charge in [0, 0.05) is 42.7 Å². The van der Waals surface area contributed by atoms with Gasteiger partial charge in [0.05, 0.1) is 11.1 Å². The van der Waals surface area contributed by atoms with Crippen molar-refractivity contribution in [1.82, 2.24) is 0 Å². The highest BCUT2D eigenvalue weighted by molar-refractivity contribution is 7.26. The number of hydrogen-bond acceptors (Lipinski definition) is 2. The van der Waals surface area contributed by atoms with Crippen molar-refractivity contribution in [3.8, 4) is 33.4 Å². The Balaban J connectivity index is 1.14. The maximum Gasteiger partial charge on any atom is 0.0714 e. The first-order valence-electron chi connectivity index (χ1n) is 21.0. The van der Waals surface area contributed by atoms with Crippen LogP contribution in [0.1, 0.15) is 22.3 Å². The fourth-order valence-corrected chi connectivity index (χ4v) is 11.4. The first-order chi connectivity index (χ1) is 30.3. The van der Waals surface area contributed by atoms with Crippen molar-refractivity contribution >= 4 is 59.3 Å². The molecular weight excluding hydrogens is 755 g/mol. The van der Waals surface area contributed by atoms with Crippen LogP contribution in [0.25, 0.3) is 64.3 Å². The number of anilines is 3. The number of hydrogen-bond donors (Lipinski definition) is 0. The molecule has 0 saturated carbocycles. The minimum Gasteiger partial charge on any atom is -0.310 e. The first kappa shape index (κ1) is 35.4. The van der Waals surface area contributed by atoms with E-state index in [-0.39, 0.29) is 0 Å². The lowest BCUT2D eigenvalue weighted by Crippen LogP contribution is -2.28. The van der Waals surface area contributed by atoms with E-state index in [1.54, 1.807) is 0 Å². The van der Waals surface area contributed by atoms with Crippen molar-refractivity contribution in [1.29, 1.82) is 0 Å². The van der Waals surface area contributed by atoms with Gasteiger partial charge in [-0.3, -0.25) is 0 Å². The van der Waals surface area contributed by atoms with Crippen molar-refractivity contribution in [2.45, 2.75) is 5.41 Å². The van der Waals surface area contributed by atoms with Gasteiger partial charge < -0.3 is 4.90 Å². The second kappa shape index (κ2) is 14.3. The van der Waals surface area contributed by atoms with Crippen LogP contribution < -0.4 is 4.90 Å². The lowest BCUT2D eigenvalue weighted by atomic mass is 9.67. The number of fused-ring (bicyclic) bond motifs is 7. The molecule has 0 aliphatic heterocycles. The maximum atomic E-state index is 2.50. The summed E-state index contributed by atoms with van der Waals surface area (Å²) in [5.41, 5.74) is 15.3. The van der Waals surface area contributed by atoms with Gasteiger partial charge in [-0.1, -0.05) is 200 Å². The first-order valence-corrected chi connectivity index (χ1v) is 21.8. The molecule has 0 bridgehead atoms. The molecule has 1 nitrogen and oxygen atoms in total. The van der Waals surface area contributed by atoms with Gasteiger partial charge in [0.25, 0.3) is 0 Å². The van der Waals surface area contributed by atoms with Crippen LogP contribution in [0.3, 0.4) is 0 Å². The Morgan fingerprint density at radius 3 is 1.75 bits per heavy atom. The van der Waals surface area contributed by atoms with Crippen LogP contribution in [0.2, 0.25) is 0 Å². The predicted molar refractivity (Wildman–Crippen MR) is 260 cm³/mol. The summed E-state index contributed by atoms with van der Waals surface area (Å²) in [5, 5.41) is 5.08. The van der Waals surface area contributed by atoms with Crippen LogP contribution in [0.4, 0.5) is 17.1 Å². The molecule has 10 aromatic carbocycles. The number of rotatable bonds is 7. The van der Waals surface area contributed by atoms with Gasteiger partial charge in [0.15, 0.2) is 0 Å². The van der Waals surface area contributed by atoms with E-state index in [0.29, 0.717) is 0 Å². The summed E-state index contributed by atoms with van der Waals surface area (Å²) in [4.78, 5) is 2.50. The van der Waals surface area contributed by atoms with E-state index in [9.17, 15) is 0 Å². The summed E-state index contributed by atoms with van der Waals surface area (Å²) < 4.78 is 2.61. The Morgan fingerprint density at radius 1 is 0.344 bits per heavy atom. The summed E-state index contributed by atoms with van der Waals surface area (Å²) in [5.74, 6) is 0. The Labute approximate surface area is 360 Å². The molecule has 1 aliphatic rings. The maximum absolute atomic E-state index is 2.50. The highest BCUT2D eigenvalue weighted by Gasteiger charge is 2.46. The van der Waals surface area contributed by atoms with Crippen LogP contribution in [0, 0.1) is 0 Å². The second-order valence-electron chi connectivity index (χ2n) is 16.0. The molecule has 12 rings (SSSR count). The second-order valence-corrected chi connectivity index (χ2v) is 17.0. The highest BCUT2D eigenvalue weighted by atomic mass is 32.1. The normalized spacial score (nSPS) is 12.7. The monoisotopic (exact) mass is 793 g/mol. The zero-order valence-electron chi connectivity index (χ0n) is 33.4. The fraction of sp³-hybridized carbons (Fsp3) is 0.0169. The van der Waals surface area contributed by atoms with Gasteiger partial charge in [-0.2, -0.15) is 0 Å². The summed E-state index contributed by atoms with van der Waals surface area (Å²) >= 11 is 1.88. The van der Waals surface area contributed by atoms with E-state index in [1.807, 2.05) is 11.3 Å². The Kier molecular flexibility index (Phi) is 8.33. The topological polar surface area (TPSA) is 3.24 Å². The van der Waals surface area contributed by atoms with Gasteiger partial charge in [0.1, 0.15) is 0 Å². The minimum atomic E-state index is -0.525. The minimum absolute atomic E-state index is 0.525. The smallest absolute Gasteiger partial charge is 0.0714 e. The lowest BCUT2D eigenvalue weighted by Gasteiger charge is -2.35. The van der Waals surface area contributed by atoms with Gasteiger partial charge in [0.2, 0.25) is 0 Å². The molecule has 0 N–H and O–H groups in total. The molecule has 0 amide bonds. The lowest BCUT2D eigenvalue weighted by molar-refractivity contribution is 0.768. The molecule has 1 aliphatic carbocycles. The van der Waals surface area contributed by atoms with Crippen LogP contribution in [0.15, 0.2) is 237 Å². The highest BCUT2D eigenvalue weighted by Crippen LogP contribution is 2.57. The van der Waals surface area contributed by atoms with Crippen LogP contribution >= 0.6 is 11.3 Å². The van der Waals surface area contributed by atoms with E-state index in [1.165, 1.54) is 86.6 Å². The third kappa shape index (κ3) is 5.53. The zero-order chi connectivity index (χ0) is 40.3. The molecule has 0 saturated heterocycles. The van der Waals surface area contributed by atoms with Crippen molar-refractivity contribution < 1.29 is 0 Å². The van der Waals surface area contributed by atoms with E-state index in [4.69, 9.17) is 0 Å². The molecule has 1 heterocycles.